The highest BCUT2D eigenvalue weighted by molar-refractivity contribution is 5.99. The van der Waals surface area contributed by atoms with Gasteiger partial charge in [-0.2, -0.15) is 0 Å². The van der Waals surface area contributed by atoms with Crippen LogP contribution in [0.3, 0.4) is 0 Å². The average Bonchev–Trinajstić information content (AvgIpc) is 3.27. The Morgan fingerprint density at radius 3 is 2.40 bits per heavy atom. The minimum Gasteiger partial charge on any atom is -0.337 e. The quantitative estimate of drug-likeness (QED) is 0.359. The molecule has 1 saturated heterocycles. The number of piperidine rings is 1. The molecule has 1 aliphatic rings. The number of rotatable bonds is 7. The summed E-state index contributed by atoms with van der Waals surface area (Å²) in [6, 6.07) is 27.4. The van der Waals surface area contributed by atoms with Crippen LogP contribution in [0.1, 0.15) is 47.4 Å². The Bertz CT molecular complexity index is 1270. The maximum atomic E-state index is 13.6. The number of carbonyl (C=O) groups excluding carboxylic acids is 1. The monoisotopic (exact) mass is 469 g/mol. The van der Waals surface area contributed by atoms with Crippen LogP contribution in [0.25, 0.3) is 10.9 Å². The van der Waals surface area contributed by atoms with Gasteiger partial charge in [-0.1, -0.05) is 60.7 Å². The molecule has 1 N–H and O–H groups in total. The minimum absolute atomic E-state index is 0.0763. The smallest absolute Gasteiger partial charge is 0.270 e. The third-order valence-corrected chi connectivity index (χ3v) is 7.20. The van der Waals surface area contributed by atoms with Gasteiger partial charge < -0.3 is 14.8 Å². The maximum absolute atomic E-state index is 13.6. The lowest BCUT2D eigenvalue weighted by Crippen LogP contribution is -2.41. The van der Waals surface area contributed by atoms with Crippen molar-refractivity contribution in [3.63, 3.8) is 0 Å². The highest BCUT2D eigenvalue weighted by Gasteiger charge is 2.26. The number of nitrogens with one attached hydrogen (secondary N) is 1. The molecule has 1 unspecified atom stereocenters. The van der Waals surface area contributed by atoms with E-state index in [1.54, 1.807) is 12.1 Å². The molecule has 35 heavy (non-hydrogen) atoms. The molecule has 0 radical (unpaired) electrons. The van der Waals surface area contributed by atoms with Gasteiger partial charge in [0.15, 0.2) is 0 Å². The molecule has 4 aromatic rings. The summed E-state index contributed by atoms with van der Waals surface area (Å²) in [5.74, 6) is 0.389. The van der Waals surface area contributed by atoms with Gasteiger partial charge >= 0.3 is 0 Å². The van der Waals surface area contributed by atoms with E-state index in [2.05, 4.69) is 41.1 Å². The fourth-order valence-corrected chi connectivity index (χ4v) is 5.04. The first kappa shape index (κ1) is 23.3. The van der Waals surface area contributed by atoms with Crippen molar-refractivity contribution in [2.24, 2.45) is 5.92 Å². The zero-order valence-corrected chi connectivity index (χ0v) is 20.2. The molecule has 5 heteroatoms. The van der Waals surface area contributed by atoms with Crippen molar-refractivity contribution in [1.29, 1.82) is 0 Å². The Morgan fingerprint density at radius 2 is 1.66 bits per heavy atom. The van der Waals surface area contributed by atoms with Gasteiger partial charge in [-0.05, 0) is 67.6 Å². The molecule has 1 atom stereocenters. The fourth-order valence-electron chi connectivity index (χ4n) is 5.04. The standard InChI is InChI=1S/C30H32FN3O/c1-22(25-7-3-2-4-8-25)32-20-23-15-17-33(18-16-23)30(35)29-19-26-9-5-6-10-28(26)34(29)21-24-11-13-27(31)14-12-24/h2-14,19,22-23,32H,15-18,20-21H2,1H3. The highest BCUT2D eigenvalue weighted by Crippen LogP contribution is 2.25. The number of hydrogen-bond acceptors (Lipinski definition) is 2. The summed E-state index contributed by atoms with van der Waals surface area (Å²) in [6.07, 6.45) is 2.00. The number of likely N-dealkylation sites (tertiary alicyclic amines) is 1. The van der Waals surface area contributed by atoms with E-state index in [1.165, 1.54) is 17.7 Å². The third-order valence-electron chi connectivity index (χ3n) is 7.20. The van der Waals surface area contributed by atoms with Crippen molar-refractivity contribution in [2.75, 3.05) is 19.6 Å². The van der Waals surface area contributed by atoms with E-state index in [4.69, 9.17) is 0 Å². The van der Waals surface area contributed by atoms with E-state index < -0.39 is 0 Å². The predicted octanol–water partition coefficient (Wildman–Crippen LogP) is 6.03. The lowest BCUT2D eigenvalue weighted by molar-refractivity contribution is 0.0679. The molecule has 1 aromatic heterocycles. The first-order valence-electron chi connectivity index (χ1n) is 12.5. The zero-order valence-electron chi connectivity index (χ0n) is 20.2. The molecule has 180 valence electrons. The first-order chi connectivity index (χ1) is 17.1. The van der Waals surface area contributed by atoms with Crippen molar-refractivity contribution in [1.82, 2.24) is 14.8 Å². The van der Waals surface area contributed by atoms with Crippen LogP contribution in [0.2, 0.25) is 0 Å². The first-order valence-corrected chi connectivity index (χ1v) is 12.5. The number of halogens is 1. The number of carbonyl (C=O) groups is 1. The summed E-state index contributed by atoms with van der Waals surface area (Å²) in [5.41, 5.74) is 3.99. The van der Waals surface area contributed by atoms with Gasteiger partial charge in [-0.25, -0.2) is 4.39 Å². The molecule has 1 amide bonds. The summed E-state index contributed by atoms with van der Waals surface area (Å²) < 4.78 is 15.5. The van der Waals surface area contributed by atoms with Gasteiger partial charge in [0.1, 0.15) is 11.5 Å². The van der Waals surface area contributed by atoms with Crippen LogP contribution in [0.4, 0.5) is 4.39 Å². The van der Waals surface area contributed by atoms with E-state index in [0.29, 0.717) is 24.2 Å². The summed E-state index contributed by atoms with van der Waals surface area (Å²) in [4.78, 5) is 15.6. The number of nitrogens with zero attached hydrogens (tertiary/aromatic N) is 2. The van der Waals surface area contributed by atoms with E-state index in [1.807, 2.05) is 41.3 Å². The third kappa shape index (κ3) is 5.30. The summed E-state index contributed by atoms with van der Waals surface area (Å²) in [7, 11) is 0. The second-order valence-electron chi connectivity index (χ2n) is 9.58. The molecular weight excluding hydrogens is 437 g/mol. The molecule has 0 saturated carbocycles. The van der Waals surface area contributed by atoms with Crippen molar-refractivity contribution < 1.29 is 9.18 Å². The van der Waals surface area contributed by atoms with Gasteiger partial charge in [-0.15, -0.1) is 0 Å². The summed E-state index contributed by atoms with van der Waals surface area (Å²) in [5, 5.41) is 4.72. The molecule has 5 rings (SSSR count). The molecule has 1 aliphatic heterocycles. The van der Waals surface area contributed by atoms with Gasteiger partial charge in [0, 0.05) is 36.6 Å². The Labute approximate surface area is 206 Å². The van der Waals surface area contributed by atoms with Crippen LogP contribution in [0, 0.1) is 11.7 Å². The van der Waals surface area contributed by atoms with Crippen LogP contribution < -0.4 is 5.32 Å². The largest absolute Gasteiger partial charge is 0.337 e. The highest BCUT2D eigenvalue weighted by atomic mass is 19.1. The van der Waals surface area contributed by atoms with Gasteiger partial charge in [0.25, 0.3) is 5.91 Å². The van der Waals surface area contributed by atoms with Gasteiger partial charge in [0.05, 0.1) is 0 Å². The SMILES string of the molecule is CC(NCC1CCN(C(=O)c2cc3ccccc3n2Cc2ccc(F)cc2)CC1)c1ccccc1. The van der Waals surface area contributed by atoms with E-state index in [9.17, 15) is 9.18 Å². The Balaban J connectivity index is 1.25. The van der Waals surface area contributed by atoms with Gasteiger partial charge in [0.2, 0.25) is 0 Å². The molecule has 0 aliphatic carbocycles. The van der Waals surface area contributed by atoms with Crippen LogP contribution in [0.5, 0.6) is 0 Å². The molecule has 2 heterocycles. The fraction of sp³-hybridized carbons (Fsp3) is 0.300. The molecule has 1 fully saturated rings. The normalized spacial score (nSPS) is 15.4. The Hall–Kier alpha value is -3.44. The lowest BCUT2D eigenvalue weighted by Gasteiger charge is -2.33. The van der Waals surface area contributed by atoms with Crippen molar-refractivity contribution in [3.05, 3.63) is 108 Å². The molecular formula is C30H32FN3O. The number of para-hydroxylation sites is 1. The van der Waals surface area contributed by atoms with Crippen LogP contribution in [0.15, 0.2) is 84.9 Å². The number of fused-ring (bicyclic) bond motifs is 1. The summed E-state index contributed by atoms with van der Waals surface area (Å²) >= 11 is 0. The van der Waals surface area contributed by atoms with Crippen LogP contribution >= 0.6 is 0 Å². The van der Waals surface area contributed by atoms with E-state index >= 15 is 0 Å². The second-order valence-corrected chi connectivity index (χ2v) is 9.58. The van der Waals surface area contributed by atoms with E-state index in [-0.39, 0.29) is 11.7 Å². The van der Waals surface area contributed by atoms with Crippen LogP contribution in [-0.2, 0) is 6.54 Å². The number of amides is 1. The Morgan fingerprint density at radius 1 is 0.971 bits per heavy atom. The Kier molecular flexibility index (Phi) is 6.96. The van der Waals surface area contributed by atoms with Gasteiger partial charge in [-0.3, -0.25) is 4.79 Å². The average molecular weight is 470 g/mol. The zero-order chi connectivity index (χ0) is 24.2. The minimum atomic E-state index is -0.252. The summed E-state index contributed by atoms with van der Waals surface area (Å²) in [6.45, 7) is 5.23. The molecule has 3 aromatic carbocycles. The number of aromatic nitrogens is 1. The molecule has 0 spiro atoms. The van der Waals surface area contributed by atoms with Crippen molar-refractivity contribution in [2.45, 2.75) is 32.4 Å². The van der Waals surface area contributed by atoms with Crippen molar-refractivity contribution >= 4 is 16.8 Å². The number of hydrogen-bond donors (Lipinski definition) is 1. The number of benzene rings is 3. The second kappa shape index (κ2) is 10.4. The lowest BCUT2D eigenvalue weighted by atomic mass is 9.96. The maximum Gasteiger partial charge on any atom is 0.270 e. The molecule has 4 nitrogen and oxygen atoms in total. The molecule has 0 bridgehead atoms. The van der Waals surface area contributed by atoms with Crippen LogP contribution in [-0.4, -0.2) is 35.0 Å². The van der Waals surface area contributed by atoms with Crippen molar-refractivity contribution in [3.8, 4) is 0 Å². The van der Waals surface area contributed by atoms with E-state index in [0.717, 1.165) is 48.9 Å². The predicted molar refractivity (Wildman–Crippen MR) is 139 cm³/mol. The topological polar surface area (TPSA) is 37.3 Å².